The van der Waals surface area contributed by atoms with Gasteiger partial charge in [-0.2, -0.15) is 9.65 Å². The average Bonchev–Trinajstić information content (AvgIpc) is 2.43. The predicted octanol–water partition coefficient (Wildman–Crippen LogP) is 2.31. The van der Waals surface area contributed by atoms with Gasteiger partial charge in [0.05, 0.1) is 21.8 Å². The van der Waals surface area contributed by atoms with Crippen LogP contribution in [0.1, 0.15) is 5.56 Å². The highest BCUT2D eigenvalue weighted by atomic mass is 32.1. The summed E-state index contributed by atoms with van der Waals surface area (Å²) in [5.74, 6) is 0. The largest absolute Gasteiger partial charge is 0.270 e. The zero-order chi connectivity index (χ0) is 8.55. The summed E-state index contributed by atoms with van der Waals surface area (Å²) in [7, 11) is 0. The number of fused-ring (bicyclic) bond motifs is 1. The number of benzene rings is 1. The quantitative estimate of drug-likeness (QED) is 0.620. The molecule has 0 N–H and O–H groups in total. The van der Waals surface area contributed by atoms with Crippen molar-refractivity contribution in [3.8, 4) is 6.07 Å². The monoisotopic (exact) mass is 178 g/mol. The number of aromatic nitrogens is 1. The maximum Gasteiger partial charge on any atom is 0.270 e. The lowest BCUT2D eigenvalue weighted by Crippen LogP contribution is -1.72. The highest BCUT2D eigenvalue weighted by Gasteiger charge is 2.02. The van der Waals surface area contributed by atoms with Crippen molar-refractivity contribution in [2.75, 3.05) is 0 Å². The van der Waals surface area contributed by atoms with Crippen LogP contribution < -0.4 is 0 Å². The van der Waals surface area contributed by atoms with Gasteiger partial charge in [-0.1, -0.05) is 11.3 Å². The molecule has 0 aliphatic heterocycles. The fourth-order valence-corrected chi connectivity index (χ4v) is 1.70. The standard InChI is InChI=1S/C8H3FN2S/c9-8-11-6-2-1-5(4-10)3-7(6)12-8/h1-3H. The van der Waals surface area contributed by atoms with Crippen LogP contribution in [0.2, 0.25) is 0 Å². The first kappa shape index (κ1) is 7.19. The van der Waals surface area contributed by atoms with Gasteiger partial charge in [0.2, 0.25) is 0 Å². The van der Waals surface area contributed by atoms with Gasteiger partial charge in [-0.25, -0.2) is 4.98 Å². The van der Waals surface area contributed by atoms with Gasteiger partial charge in [-0.15, -0.1) is 0 Å². The molecule has 4 heteroatoms. The first-order valence-corrected chi connectivity index (χ1v) is 4.07. The minimum Gasteiger partial charge on any atom is -0.209 e. The average molecular weight is 178 g/mol. The minimum absolute atomic E-state index is 0.458. The third-order valence-corrected chi connectivity index (χ3v) is 2.30. The van der Waals surface area contributed by atoms with Crippen LogP contribution in [0.5, 0.6) is 0 Å². The lowest BCUT2D eigenvalue weighted by atomic mass is 10.2. The van der Waals surface area contributed by atoms with E-state index in [4.69, 9.17) is 5.26 Å². The molecule has 0 atom stereocenters. The van der Waals surface area contributed by atoms with Crippen molar-refractivity contribution < 1.29 is 4.39 Å². The Morgan fingerprint density at radius 2 is 2.33 bits per heavy atom. The van der Waals surface area contributed by atoms with Gasteiger partial charge >= 0.3 is 0 Å². The normalized spacial score (nSPS) is 10.0. The molecule has 0 aliphatic rings. The van der Waals surface area contributed by atoms with Crippen LogP contribution in [-0.4, -0.2) is 4.98 Å². The third-order valence-electron chi connectivity index (χ3n) is 1.49. The topological polar surface area (TPSA) is 36.7 Å². The molecular weight excluding hydrogens is 175 g/mol. The zero-order valence-electron chi connectivity index (χ0n) is 5.91. The van der Waals surface area contributed by atoms with Gasteiger partial charge < -0.3 is 0 Å². The van der Waals surface area contributed by atoms with Gasteiger partial charge in [0.1, 0.15) is 0 Å². The number of halogens is 1. The van der Waals surface area contributed by atoms with Crippen LogP contribution in [0.15, 0.2) is 18.2 Å². The maximum atomic E-state index is 12.6. The summed E-state index contributed by atoms with van der Waals surface area (Å²) in [4.78, 5) is 3.63. The molecular formula is C8H3FN2S. The number of hydrogen-bond donors (Lipinski definition) is 0. The Bertz CT molecular complexity index is 469. The van der Waals surface area contributed by atoms with Gasteiger partial charge in [0.25, 0.3) is 5.26 Å². The van der Waals surface area contributed by atoms with Crippen LogP contribution in [0.3, 0.4) is 0 Å². The molecule has 0 amide bonds. The van der Waals surface area contributed by atoms with Crippen LogP contribution in [0.4, 0.5) is 4.39 Å². The van der Waals surface area contributed by atoms with Crippen molar-refractivity contribution in [1.82, 2.24) is 4.98 Å². The van der Waals surface area contributed by atoms with E-state index in [1.54, 1.807) is 18.2 Å². The Hall–Kier alpha value is -1.47. The summed E-state index contributed by atoms with van der Waals surface area (Å²) in [6, 6.07) is 6.89. The molecule has 1 aromatic carbocycles. The highest BCUT2D eigenvalue weighted by molar-refractivity contribution is 7.17. The highest BCUT2D eigenvalue weighted by Crippen LogP contribution is 2.21. The number of nitriles is 1. The second kappa shape index (κ2) is 2.54. The van der Waals surface area contributed by atoms with E-state index in [1.807, 2.05) is 6.07 Å². The summed E-state index contributed by atoms with van der Waals surface area (Å²) >= 11 is 0.953. The third kappa shape index (κ3) is 1.04. The lowest BCUT2D eigenvalue weighted by Gasteiger charge is -1.86. The van der Waals surface area contributed by atoms with E-state index in [-0.39, 0.29) is 0 Å². The van der Waals surface area contributed by atoms with Gasteiger partial charge in [0, 0.05) is 0 Å². The number of nitrogens with zero attached hydrogens (tertiary/aromatic N) is 2. The summed E-state index contributed by atoms with van der Waals surface area (Å²) in [6.07, 6.45) is 0. The Morgan fingerprint density at radius 3 is 3.08 bits per heavy atom. The molecule has 2 aromatic rings. The molecule has 2 rings (SSSR count). The number of hydrogen-bond acceptors (Lipinski definition) is 3. The summed E-state index contributed by atoms with van der Waals surface area (Å²) < 4.78 is 13.3. The molecule has 12 heavy (non-hydrogen) atoms. The Balaban J connectivity index is 2.77. The molecule has 0 unspecified atom stereocenters. The molecule has 1 aromatic heterocycles. The molecule has 1 heterocycles. The molecule has 0 spiro atoms. The van der Waals surface area contributed by atoms with E-state index < -0.39 is 5.26 Å². The zero-order valence-corrected chi connectivity index (χ0v) is 6.73. The smallest absolute Gasteiger partial charge is 0.209 e. The van der Waals surface area contributed by atoms with Gasteiger partial charge in [-0.3, -0.25) is 0 Å². The van der Waals surface area contributed by atoms with Gasteiger partial charge in [0.15, 0.2) is 0 Å². The second-order valence-corrected chi connectivity index (χ2v) is 3.24. The van der Waals surface area contributed by atoms with Crippen molar-refractivity contribution in [2.24, 2.45) is 0 Å². The molecule has 0 radical (unpaired) electrons. The summed E-state index contributed by atoms with van der Waals surface area (Å²) in [6.45, 7) is 0. The molecule has 0 saturated carbocycles. The van der Waals surface area contributed by atoms with Crippen LogP contribution in [0, 0.1) is 16.6 Å². The fourth-order valence-electron chi connectivity index (χ4n) is 0.966. The first-order chi connectivity index (χ1) is 5.79. The number of rotatable bonds is 0. The summed E-state index contributed by atoms with van der Waals surface area (Å²) in [5.41, 5.74) is 1.14. The Kier molecular flexibility index (Phi) is 1.52. The lowest BCUT2D eigenvalue weighted by molar-refractivity contribution is 0.620. The van der Waals surface area contributed by atoms with Crippen molar-refractivity contribution in [1.29, 1.82) is 5.26 Å². The van der Waals surface area contributed by atoms with E-state index in [0.717, 1.165) is 11.3 Å². The Morgan fingerprint density at radius 1 is 1.50 bits per heavy atom. The van der Waals surface area contributed by atoms with Crippen LogP contribution in [-0.2, 0) is 0 Å². The summed E-state index contributed by atoms with van der Waals surface area (Å²) in [5, 5.41) is 8.09. The first-order valence-electron chi connectivity index (χ1n) is 3.26. The molecule has 0 bridgehead atoms. The molecule has 58 valence electrons. The van der Waals surface area contributed by atoms with Crippen LogP contribution in [0.25, 0.3) is 10.2 Å². The fraction of sp³-hybridized carbons (Fsp3) is 0. The van der Waals surface area contributed by atoms with Crippen molar-refractivity contribution in [2.45, 2.75) is 0 Å². The number of thiazole rings is 1. The molecule has 0 fully saturated rings. The molecule has 0 aliphatic carbocycles. The minimum atomic E-state index is -0.458. The van der Waals surface area contributed by atoms with Crippen molar-refractivity contribution >= 4 is 21.6 Å². The molecule has 0 saturated heterocycles. The molecule has 2 nitrogen and oxygen atoms in total. The van der Waals surface area contributed by atoms with E-state index in [0.29, 0.717) is 15.8 Å². The second-order valence-electron chi connectivity index (χ2n) is 2.26. The van der Waals surface area contributed by atoms with Crippen molar-refractivity contribution in [3.05, 3.63) is 29.0 Å². The van der Waals surface area contributed by atoms with E-state index in [1.165, 1.54) is 0 Å². The van der Waals surface area contributed by atoms with E-state index in [9.17, 15) is 4.39 Å². The van der Waals surface area contributed by atoms with Crippen molar-refractivity contribution in [3.63, 3.8) is 0 Å². The van der Waals surface area contributed by atoms with Crippen LogP contribution >= 0.6 is 11.3 Å². The van der Waals surface area contributed by atoms with E-state index >= 15 is 0 Å². The SMILES string of the molecule is N#Cc1ccc2nc(F)sc2c1. The van der Waals surface area contributed by atoms with E-state index in [2.05, 4.69) is 4.98 Å². The Labute approximate surface area is 71.9 Å². The maximum absolute atomic E-state index is 12.6. The van der Waals surface area contributed by atoms with Gasteiger partial charge in [-0.05, 0) is 18.2 Å². The predicted molar refractivity (Wildman–Crippen MR) is 44.3 cm³/mol.